The van der Waals surface area contributed by atoms with Gasteiger partial charge < -0.3 is 20.1 Å². The smallest absolute Gasteiger partial charge is 0.407 e. The topological polar surface area (TPSA) is 95.9 Å². The summed E-state index contributed by atoms with van der Waals surface area (Å²) in [6.07, 6.45) is 3.71. The van der Waals surface area contributed by atoms with E-state index >= 15 is 0 Å². The fraction of sp³-hybridized carbons (Fsp3) is 0.464. The lowest BCUT2D eigenvalue weighted by Crippen LogP contribution is -2.56. The van der Waals surface area contributed by atoms with Crippen LogP contribution in [0, 0.1) is 5.92 Å². The number of ether oxygens (including phenoxy) is 1. The Bertz CT molecular complexity index is 1100. The number of benzene rings is 2. The van der Waals surface area contributed by atoms with E-state index in [1.807, 2.05) is 24.3 Å². The molecule has 1 saturated carbocycles. The van der Waals surface area contributed by atoms with Gasteiger partial charge in [-0.15, -0.1) is 0 Å². The second kappa shape index (κ2) is 9.36. The van der Waals surface area contributed by atoms with Gasteiger partial charge in [-0.25, -0.2) is 9.59 Å². The quantitative estimate of drug-likeness (QED) is 0.660. The molecule has 2 N–H and O–H groups in total. The van der Waals surface area contributed by atoms with Crippen molar-refractivity contribution in [2.75, 3.05) is 13.2 Å². The first-order valence-corrected chi connectivity index (χ1v) is 12.6. The van der Waals surface area contributed by atoms with E-state index in [0.717, 1.165) is 24.0 Å². The molecule has 2 unspecified atom stereocenters. The molecule has 2 aromatic carbocycles. The van der Waals surface area contributed by atoms with Crippen LogP contribution in [0.2, 0.25) is 0 Å². The Morgan fingerprint density at radius 1 is 1.00 bits per heavy atom. The maximum atomic E-state index is 13.4. The highest BCUT2D eigenvalue weighted by atomic mass is 16.5. The molecule has 0 bridgehead atoms. The van der Waals surface area contributed by atoms with Crippen LogP contribution in [0.1, 0.15) is 62.5 Å². The lowest BCUT2D eigenvalue weighted by atomic mass is 9.82. The molecule has 1 heterocycles. The molecule has 7 nitrogen and oxygen atoms in total. The molecule has 3 aliphatic rings. The minimum Gasteiger partial charge on any atom is -0.480 e. The van der Waals surface area contributed by atoms with Gasteiger partial charge in [-0.2, -0.15) is 0 Å². The van der Waals surface area contributed by atoms with Gasteiger partial charge in [0, 0.05) is 18.5 Å². The fourth-order valence-electron chi connectivity index (χ4n) is 6.13. The van der Waals surface area contributed by atoms with Crippen LogP contribution < -0.4 is 5.32 Å². The summed E-state index contributed by atoms with van der Waals surface area (Å²) in [6, 6.07) is 16.0. The number of nitrogens with one attached hydrogen (secondary N) is 1. The molecule has 35 heavy (non-hydrogen) atoms. The highest BCUT2D eigenvalue weighted by molar-refractivity contribution is 5.89. The number of nitrogens with zero attached hydrogens (tertiary/aromatic N) is 1. The van der Waals surface area contributed by atoms with Gasteiger partial charge in [0.1, 0.15) is 12.1 Å². The Morgan fingerprint density at radius 2 is 1.63 bits per heavy atom. The van der Waals surface area contributed by atoms with E-state index in [2.05, 4.69) is 29.6 Å². The molecule has 0 spiro atoms. The lowest BCUT2D eigenvalue weighted by Gasteiger charge is -2.38. The zero-order valence-electron chi connectivity index (χ0n) is 20.0. The molecule has 5 rings (SSSR count). The first-order valence-electron chi connectivity index (χ1n) is 12.6. The minimum absolute atomic E-state index is 0.0298. The molecule has 2 amide bonds. The van der Waals surface area contributed by atoms with Crippen LogP contribution in [0.15, 0.2) is 48.5 Å². The van der Waals surface area contributed by atoms with Crippen molar-refractivity contribution < 1.29 is 24.2 Å². The molecule has 2 fully saturated rings. The number of carboxylic acids is 1. The molecule has 1 saturated heterocycles. The van der Waals surface area contributed by atoms with Crippen molar-refractivity contribution in [3.8, 4) is 11.1 Å². The summed E-state index contributed by atoms with van der Waals surface area (Å²) < 4.78 is 5.71. The number of likely N-dealkylation sites (tertiary alicyclic amines) is 1. The Kier molecular flexibility index (Phi) is 6.26. The van der Waals surface area contributed by atoms with Gasteiger partial charge in [-0.05, 0) is 54.9 Å². The van der Waals surface area contributed by atoms with E-state index in [9.17, 15) is 19.5 Å². The van der Waals surface area contributed by atoms with Crippen LogP contribution in [-0.4, -0.2) is 52.7 Å². The Morgan fingerprint density at radius 3 is 2.29 bits per heavy atom. The summed E-state index contributed by atoms with van der Waals surface area (Å²) in [5, 5.41) is 12.7. The number of hydrogen-bond donors (Lipinski definition) is 2. The number of carbonyl (C=O) groups excluding carboxylic acids is 2. The maximum absolute atomic E-state index is 13.4. The lowest BCUT2D eigenvalue weighted by molar-refractivity contribution is -0.157. The van der Waals surface area contributed by atoms with Crippen molar-refractivity contribution in [2.45, 2.75) is 62.9 Å². The Balaban J connectivity index is 1.26. The van der Waals surface area contributed by atoms with Crippen LogP contribution >= 0.6 is 0 Å². The largest absolute Gasteiger partial charge is 0.480 e. The van der Waals surface area contributed by atoms with Crippen molar-refractivity contribution >= 4 is 18.0 Å². The average molecular weight is 477 g/mol. The highest BCUT2D eigenvalue weighted by Crippen LogP contribution is 2.44. The summed E-state index contributed by atoms with van der Waals surface area (Å²) in [5.41, 5.74) is 3.45. The first kappa shape index (κ1) is 23.4. The van der Waals surface area contributed by atoms with Crippen molar-refractivity contribution in [3.63, 3.8) is 0 Å². The van der Waals surface area contributed by atoms with Gasteiger partial charge in [-0.3, -0.25) is 4.79 Å². The molecular weight excluding hydrogens is 444 g/mol. The van der Waals surface area contributed by atoms with Gasteiger partial charge in [-0.1, -0.05) is 61.4 Å². The van der Waals surface area contributed by atoms with Gasteiger partial charge in [0.15, 0.2) is 0 Å². The molecule has 0 radical (unpaired) electrons. The van der Waals surface area contributed by atoms with E-state index < -0.39 is 23.5 Å². The maximum Gasteiger partial charge on any atom is 0.407 e. The molecule has 184 valence electrons. The van der Waals surface area contributed by atoms with Crippen LogP contribution in [0.4, 0.5) is 4.79 Å². The predicted octanol–water partition coefficient (Wildman–Crippen LogP) is 4.55. The standard InChI is InChI=1S/C28H32N2O5/c1-28(26(32)33)15-8-16-30(28)25(31)22-13-6-7-14-24(22)29-27(34)35-17-23-20-11-4-2-9-18(20)19-10-3-5-12-21(19)23/h2-5,9-12,22-24H,6-8,13-17H2,1H3,(H,29,34)(H,32,33)/t22?,24?,28-/m0/s1. The number of aliphatic carboxylic acids is 1. The molecule has 3 atom stereocenters. The molecule has 0 aromatic heterocycles. The molecule has 1 aliphatic heterocycles. The van der Waals surface area contributed by atoms with Crippen LogP contribution in [0.25, 0.3) is 11.1 Å². The molecular formula is C28H32N2O5. The zero-order valence-corrected chi connectivity index (χ0v) is 20.0. The SMILES string of the molecule is C[C@@]1(C(=O)O)CCCN1C(=O)C1CCCCC1NC(=O)OCC1c2ccccc2-c2ccccc21. The van der Waals surface area contributed by atoms with E-state index in [4.69, 9.17) is 4.74 Å². The number of fused-ring (bicyclic) bond motifs is 3. The van der Waals surface area contributed by atoms with Crippen molar-refractivity contribution in [1.29, 1.82) is 0 Å². The number of rotatable bonds is 5. The fourth-order valence-corrected chi connectivity index (χ4v) is 6.13. The number of amides is 2. The van der Waals surface area contributed by atoms with Gasteiger partial charge in [0.05, 0.1) is 5.92 Å². The third-order valence-corrected chi connectivity index (χ3v) is 8.10. The summed E-state index contributed by atoms with van der Waals surface area (Å²) >= 11 is 0. The Hall–Kier alpha value is -3.35. The number of alkyl carbamates (subject to hydrolysis) is 1. The second-order valence-electron chi connectivity index (χ2n) is 10.1. The molecule has 2 aliphatic carbocycles. The van der Waals surface area contributed by atoms with E-state index in [1.165, 1.54) is 16.0 Å². The van der Waals surface area contributed by atoms with E-state index in [1.54, 1.807) is 6.92 Å². The molecule has 2 aromatic rings. The van der Waals surface area contributed by atoms with Crippen LogP contribution in [0.5, 0.6) is 0 Å². The highest BCUT2D eigenvalue weighted by Gasteiger charge is 2.48. The van der Waals surface area contributed by atoms with Crippen molar-refractivity contribution in [2.24, 2.45) is 5.92 Å². The van der Waals surface area contributed by atoms with Crippen molar-refractivity contribution in [3.05, 3.63) is 59.7 Å². The van der Waals surface area contributed by atoms with Crippen LogP contribution in [-0.2, 0) is 14.3 Å². The van der Waals surface area contributed by atoms with Crippen molar-refractivity contribution in [1.82, 2.24) is 10.2 Å². The summed E-state index contributed by atoms with van der Waals surface area (Å²) in [6.45, 7) is 2.28. The number of hydrogen-bond acceptors (Lipinski definition) is 4. The summed E-state index contributed by atoms with van der Waals surface area (Å²) in [7, 11) is 0. The Labute approximate surface area is 205 Å². The monoisotopic (exact) mass is 476 g/mol. The minimum atomic E-state index is -1.18. The van der Waals surface area contributed by atoms with Gasteiger partial charge in [0.25, 0.3) is 0 Å². The number of carboxylic acid groups (broad SMARTS) is 1. The molecule has 7 heteroatoms. The summed E-state index contributed by atoms with van der Waals surface area (Å²) in [4.78, 5) is 39.7. The summed E-state index contributed by atoms with van der Waals surface area (Å²) in [5.74, 6) is -1.60. The average Bonchev–Trinajstić information content (AvgIpc) is 3.42. The normalized spacial score (nSPS) is 25.6. The third kappa shape index (κ3) is 4.17. The first-order chi connectivity index (χ1) is 16.9. The zero-order chi connectivity index (χ0) is 24.6. The van der Waals surface area contributed by atoms with E-state index in [-0.39, 0.29) is 24.5 Å². The predicted molar refractivity (Wildman–Crippen MR) is 131 cm³/mol. The van der Waals surface area contributed by atoms with Gasteiger partial charge in [0.2, 0.25) is 5.91 Å². The van der Waals surface area contributed by atoms with E-state index in [0.29, 0.717) is 32.2 Å². The second-order valence-corrected chi connectivity index (χ2v) is 10.1. The number of carbonyl (C=O) groups is 3. The van der Waals surface area contributed by atoms with Crippen LogP contribution in [0.3, 0.4) is 0 Å². The third-order valence-electron chi connectivity index (χ3n) is 8.10. The van der Waals surface area contributed by atoms with Gasteiger partial charge >= 0.3 is 12.1 Å².